The maximum absolute atomic E-state index is 13.3. The summed E-state index contributed by atoms with van der Waals surface area (Å²) in [6.45, 7) is 6.34. The summed E-state index contributed by atoms with van der Waals surface area (Å²) in [4.78, 5) is 29.2. The molecule has 1 saturated heterocycles. The molecule has 0 aliphatic carbocycles. The highest BCUT2D eigenvalue weighted by Crippen LogP contribution is 2.15. The largest absolute Gasteiger partial charge is 0.464 e. The third kappa shape index (κ3) is 7.14. The molecule has 1 aromatic heterocycles. The minimum atomic E-state index is -0.233. The second-order valence-electron chi connectivity index (χ2n) is 7.91. The van der Waals surface area contributed by atoms with Gasteiger partial charge in [0.2, 0.25) is 5.91 Å². The van der Waals surface area contributed by atoms with Crippen molar-refractivity contribution in [1.82, 2.24) is 15.1 Å². The van der Waals surface area contributed by atoms with Crippen LogP contribution in [0.2, 0.25) is 0 Å². The Morgan fingerprint density at radius 2 is 1.94 bits per heavy atom. The Kier molecular flexibility index (Phi) is 8.53. The fourth-order valence-electron chi connectivity index (χ4n) is 3.74. The van der Waals surface area contributed by atoms with E-state index in [0.29, 0.717) is 32.8 Å². The van der Waals surface area contributed by atoms with Gasteiger partial charge in [-0.1, -0.05) is 30.3 Å². The molecule has 7 heteroatoms. The molecule has 2 heterocycles. The molecule has 1 atom stereocenters. The number of hydrogen-bond donors (Lipinski definition) is 1. The third-order valence-corrected chi connectivity index (χ3v) is 5.40. The number of carbonyl (C=O) groups excluding carboxylic acids is 2. The molecule has 0 radical (unpaired) electrons. The van der Waals surface area contributed by atoms with Gasteiger partial charge in [-0.3, -0.25) is 4.79 Å². The van der Waals surface area contributed by atoms with E-state index < -0.39 is 0 Å². The van der Waals surface area contributed by atoms with Crippen LogP contribution >= 0.6 is 0 Å². The lowest BCUT2D eigenvalue weighted by Gasteiger charge is -2.29. The average molecular weight is 428 g/mol. The van der Waals surface area contributed by atoms with Crippen molar-refractivity contribution in [3.63, 3.8) is 0 Å². The van der Waals surface area contributed by atoms with Crippen LogP contribution in [0.25, 0.3) is 0 Å². The summed E-state index contributed by atoms with van der Waals surface area (Å²) in [6, 6.07) is 13.6. The highest BCUT2D eigenvalue weighted by molar-refractivity contribution is 5.84. The lowest BCUT2D eigenvalue weighted by molar-refractivity contribution is -0.133. The molecule has 1 fully saturated rings. The summed E-state index contributed by atoms with van der Waals surface area (Å²) in [7, 11) is 0. The van der Waals surface area contributed by atoms with Crippen molar-refractivity contribution in [3.05, 3.63) is 59.5 Å². The predicted molar refractivity (Wildman–Crippen MR) is 119 cm³/mol. The summed E-state index contributed by atoms with van der Waals surface area (Å²) in [5, 5.41) is 2.82. The second kappa shape index (κ2) is 11.6. The van der Waals surface area contributed by atoms with Gasteiger partial charge in [0.1, 0.15) is 18.1 Å². The van der Waals surface area contributed by atoms with E-state index in [1.165, 1.54) is 0 Å². The fourth-order valence-corrected chi connectivity index (χ4v) is 3.74. The van der Waals surface area contributed by atoms with E-state index in [1.807, 2.05) is 44.2 Å². The highest BCUT2D eigenvalue weighted by Gasteiger charge is 2.26. The summed E-state index contributed by atoms with van der Waals surface area (Å²) >= 11 is 0. The number of urea groups is 1. The van der Waals surface area contributed by atoms with Gasteiger partial charge in [0.25, 0.3) is 0 Å². The van der Waals surface area contributed by atoms with Crippen molar-refractivity contribution in [2.45, 2.75) is 45.8 Å². The minimum Gasteiger partial charge on any atom is -0.464 e. The molecular formula is C24H33N3O4. The Morgan fingerprint density at radius 3 is 2.58 bits per heavy atom. The number of aryl methyl sites for hydroxylation is 1. The van der Waals surface area contributed by atoms with Gasteiger partial charge in [-0.2, -0.15) is 0 Å². The van der Waals surface area contributed by atoms with E-state index in [2.05, 4.69) is 17.4 Å². The number of furan rings is 1. The van der Waals surface area contributed by atoms with E-state index in [-0.39, 0.29) is 24.6 Å². The topological polar surface area (TPSA) is 75.0 Å². The van der Waals surface area contributed by atoms with Crippen LogP contribution in [-0.4, -0.2) is 60.6 Å². The molecule has 1 N–H and O–H groups in total. The first-order chi connectivity index (χ1) is 15.0. The van der Waals surface area contributed by atoms with Crippen molar-refractivity contribution < 1.29 is 18.7 Å². The number of amides is 3. The molecule has 7 nitrogen and oxygen atoms in total. The molecule has 1 aliphatic heterocycles. The van der Waals surface area contributed by atoms with Crippen molar-refractivity contribution in [2.24, 2.45) is 0 Å². The Bertz CT molecular complexity index is 830. The zero-order valence-corrected chi connectivity index (χ0v) is 18.5. The number of hydrogen-bond acceptors (Lipinski definition) is 4. The van der Waals surface area contributed by atoms with Gasteiger partial charge < -0.3 is 24.3 Å². The van der Waals surface area contributed by atoms with E-state index in [1.54, 1.807) is 9.80 Å². The van der Waals surface area contributed by atoms with E-state index in [0.717, 1.165) is 36.3 Å². The van der Waals surface area contributed by atoms with Gasteiger partial charge in [-0.15, -0.1) is 0 Å². The van der Waals surface area contributed by atoms with Crippen molar-refractivity contribution in [1.29, 1.82) is 0 Å². The maximum Gasteiger partial charge on any atom is 0.317 e. The SMILES string of the molecule is CCNC(=O)N(CC(=O)N(CCc1ccccc1)Cc1ccc(C)o1)CC1CCCO1. The van der Waals surface area contributed by atoms with E-state index in [9.17, 15) is 9.59 Å². The summed E-state index contributed by atoms with van der Waals surface area (Å²) in [5.74, 6) is 1.45. The van der Waals surface area contributed by atoms with Crippen LogP contribution in [0.15, 0.2) is 46.9 Å². The fraction of sp³-hybridized carbons (Fsp3) is 0.500. The van der Waals surface area contributed by atoms with Gasteiger partial charge in [0.05, 0.1) is 12.6 Å². The first-order valence-corrected chi connectivity index (χ1v) is 11.1. The van der Waals surface area contributed by atoms with Gasteiger partial charge in [0, 0.05) is 26.2 Å². The number of carbonyl (C=O) groups is 2. The Labute approximate surface area is 184 Å². The zero-order valence-electron chi connectivity index (χ0n) is 18.5. The molecule has 0 spiro atoms. The highest BCUT2D eigenvalue weighted by atomic mass is 16.5. The molecule has 1 aliphatic rings. The molecule has 1 aromatic carbocycles. The number of ether oxygens (including phenoxy) is 1. The van der Waals surface area contributed by atoms with Crippen LogP contribution in [0.5, 0.6) is 0 Å². The predicted octanol–water partition coefficient (Wildman–Crippen LogP) is 3.37. The molecule has 1 unspecified atom stereocenters. The van der Waals surface area contributed by atoms with Crippen molar-refractivity contribution in [3.8, 4) is 0 Å². The first kappa shape index (κ1) is 22.9. The summed E-state index contributed by atoms with van der Waals surface area (Å²) < 4.78 is 11.4. The Hall–Kier alpha value is -2.80. The summed E-state index contributed by atoms with van der Waals surface area (Å²) in [6.07, 6.45) is 2.62. The number of rotatable bonds is 10. The molecule has 3 amide bonds. The number of nitrogens with zero attached hydrogens (tertiary/aromatic N) is 2. The molecule has 31 heavy (non-hydrogen) atoms. The second-order valence-corrected chi connectivity index (χ2v) is 7.91. The summed E-state index contributed by atoms with van der Waals surface area (Å²) in [5.41, 5.74) is 1.16. The maximum atomic E-state index is 13.3. The molecule has 3 rings (SSSR count). The molecular weight excluding hydrogens is 394 g/mol. The van der Waals surface area contributed by atoms with Crippen LogP contribution < -0.4 is 5.32 Å². The van der Waals surface area contributed by atoms with Gasteiger partial charge in [-0.05, 0) is 50.8 Å². The van der Waals surface area contributed by atoms with Gasteiger partial charge in [-0.25, -0.2) is 4.79 Å². The van der Waals surface area contributed by atoms with Crippen molar-refractivity contribution in [2.75, 3.05) is 32.8 Å². The van der Waals surface area contributed by atoms with Crippen molar-refractivity contribution >= 4 is 11.9 Å². The van der Waals surface area contributed by atoms with Gasteiger partial charge >= 0.3 is 6.03 Å². The lowest BCUT2D eigenvalue weighted by Crippen LogP contribution is -2.49. The zero-order chi connectivity index (χ0) is 22.1. The molecule has 0 saturated carbocycles. The van der Waals surface area contributed by atoms with Crippen LogP contribution in [0, 0.1) is 6.92 Å². The quantitative estimate of drug-likeness (QED) is 0.631. The van der Waals surface area contributed by atoms with Crippen LogP contribution in [0.4, 0.5) is 4.79 Å². The Balaban J connectivity index is 1.69. The average Bonchev–Trinajstić information content (AvgIpc) is 3.43. The van der Waals surface area contributed by atoms with Crippen LogP contribution in [-0.2, 0) is 22.5 Å². The molecule has 0 bridgehead atoms. The normalized spacial score (nSPS) is 15.6. The van der Waals surface area contributed by atoms with E-state index >= 15 is 0 Å². The smallest absolute Gasteiger partial charge is 0.317 e. The van der Waals surface area contributed by atoms with Crippen LogP contribution in [0.1, 0.15) is 36.8 Å². The lowest BCUT2D eigenvalue weighted by atomic mass is 10.1. The minimum absolute atomic E-state index is 0.0131. The van der Waals surface area contributed by atoms with Gasteiger partial charge in [0.15, 0.2) is 0 Å². The monoisotopic (exact) mass is 427 g/mol. The first-order valence-electron chi connectivity index (χ1n) is 11.1. The van der Waals surface area contributed by atoms with Crippen LogP contribution in [0.3, 0.4) is 0 Å². The molecule has 168 valence electrons. The Morgan fingerprint density at radius 1 is 1.13 bits per heavy atom. The number of nitrogens with one attached hydrogen (secondary N) is 1. The van der Waals surface area contributed by atoms with E-state index in [4.69, 9.17) is 9.15 Å². The number of benzene rings is 1. The third-order valence-electron chi connectivity index (χ3n) is 5.40. The molecule has 2 aromatic rings. The standard InChI is InChI=1S/C24H33N3O4/c1-3-25-24(29)27(16-21-10-7-15-30-21)18-23(28)26(17-22-12-11-19(2)31-22)14-13-20-8-5-4-6-9-20/h4-6,8-9,11-12,21H,3,7,10,13-18H2,1-2H3,(H,25,29).